The summed E-state index contributed by atoms with van der Waals surface area (Å²) in [6, 6.07) is 10.8. The molecule has 9 heteroatoms. The number of rotatable bonds is 7. The van der Waals surface area contributed by atoms with Crippen molar-refractivity contribution in [1.29, 1.82) is 0 Å². The largest absolute Gasteiger partial charge is 0.481 e. The van der Waals surface area contributed by atoms with Crippen LogP contribution < -0.4 is 21.1 Å². The van der Waals surface area contributed by atoms with Crippen LogP contribution in [0.25, 0.3) is 0 Å². The number of carbonyl (C=O) groups excluding carboxylic acids is 4. The Labute approximate surface area is 167 Å². The molecule has 2 rings (SSSR count). The Balaban J connectivity index is 1.76. The molecule has 0 heterocycles. The van der Waals surface area contributed by atoms with Crippen LogP contribution >= 0.6 is 0 Å². The van der Waals surface area contributed by atoms with Gasteiger partial charge < -0.3 is 20.5 Å². The van der Waals surface area contributed by atoms with Crippen LogP contribution in [0.3, 0.4) is 0 Å². The minimum atomic E-state index is -0.853. The lowest BCUT2D eigenvalue weighted by molar-refractivity contribution is -0.150. The van der Waals surface area contributed by atoms with Crippen molar-refractivity contribution in [3.05, 3.63) is 59.2 Å². The predicted molar refractivity (Wildman–Crippen MR) is 104 cm³/mol. The summed E-state index contributed by atoms with van der Waals surface area (Å²) in [5, 5.41) is 4.59. The SMILES string of the molecule is Cc1ccc(NC(=O)NC(=O)COC(=O)COc2ccccc2C(N)=O)c(C)c1. The number of esters is 1. The van der Waals surface area contributed by atoms with Crippen LogP contribution in [0, 0.1) is 13.8 Å². The highest BCUT2D eigenvalue weighted by atomic mass is 16.6. The molecule has 0 saturated heterocycles. The Kier molecular flexibility index (Phi) is 7.30. The number of primary amides is 1. The van der Waals surface area contributed by atoms with E-state index in [9.17, 15) is 19.2 Å². The lowest BCUT2D eigenvalue weighted by Crippen LogP contribution is -2.37. The van der Waals surface area contributed by atoms with Crippen molar-refractivity contribution in [2.75, 3.05) is 18.5 Å². The third-order valence-electron chi connectivity index (χ3n) is 3.75. The van der Waals surface area contributed by atoms with Crippen LogP contribution in [0.5, 0.6) is 5.75 Å². The maximum Gasteiger partial charge on any atom is 0.344 e. The molecule has 9 nitrogen and oxygen atoms in total. The van der Waals surface area contributed by atoms with Crippen molar-refractivity contribution in [2.45, 2.75) is 13.8 Å². The standard InChI is InChI=1S/C20H21N3O6/c1-12-7-8-15(13(2)9-12)22-20(27)23-17(24)10-29-18(25)11-28-16-6-4-3-5-14(16)19(21)26/h3-9H,10-11H2,1-2H3,(H2,21,26)(H2,22,23,24,27). The summed E-state index contributed by atoms with van der Waals surface area (Å²) in [5.41, 5.74) is 7.76. The van der Waals surface area contributed by atoms with E-state index in [1.165, 1.54) is 12.1 Å². The quantitative estimate of drug-likeness (QED) is 0.606. The first-order chi connectivity index (χ1) is 13.8. The van der Waals surface area contributed by atoms with Gasteiger partial charge in [0.2, 0.25) is 0 Å². The molecular weight excluding hydrogens is 378 g/mol. The van der Waals surface area contributed by atoms with E-state index in [-0.39, 0.29) is 11.3 Å². The first-order valence-electron chi connectivity index (χ1n) is 8.61. The van der Waals surface area contributed by atoms with Crippen molar-refractivity contribution in [1.82, 2.24) is 5.32 Å². The first kappa shape index (κ1) is 21.4. The van der Waals surface area contributed by atoms with Gasteiger partial charge in [0, 0.05) is 5.69 Å². The van der Waals surface area contributed by atoms with Gasteiger partial charge >= 0.3 is 12.0 Å². The summed E-state index contributed by atoms with van der Waals surface area (Å²) in [4.78, 5) is 46.6. The van der Waals surface area contributed by atoms with Gasteiger partial charge in [0.15, 0.2) is 13.2 Å². The Hall–Kier alpha value is -3.88. The van der Waals surface area contributed by atoms with Crippen LogP contribution in [0.4, 0.5) is 10.5 Å². The van der Waals surface area contributed by atoms with E-state index in [0.29, 0.717) is 5.69 Å². The Morgan fingerprint density at radius 3 is 2.41 bits per heavy atom. The summed E-state index contributed by atoms with van der Waals surface area (Å²) < 4.78 is 9.93. The number of amides is 4. The number of aryl methyl sites for hydroxylation is 2. The van der Waals surface area contributed by atoms with Crippen LogP contribution in [0.2, 0.25) is 0 Å². The van der Waals surface area contributed by atoms with Crippen LogP contribution in [0.1, 0.15) is 21.5 Å². The number of hydrogen-bond acceptors (Lipinski definition) is 6. The van der Waals surface area contributed by atoms with Crippen molar-refractivity contribution >= 4 is 29.5 Å². The topological polar surface area (TPSA) is 137 Å². The molecule has 0 aliphatic rings. The monoisotopic (exact) mass is 399 g/mol. The number of ether oxygens (including phenoxy) is 2. The number of nitrogens with two attached hydrogens (primary N) is 1. The second-order valence-electron chi connectivity index (χ2n) is 6.13. The molecule has 0 aliphatic heterocycles. The molecule has 4 N–H and O–H groups in total. The number of urea groups is 1. The molecule has 2 aromatic rings. The van der Waals surface area contributed by atoms with Crippen LogP contribution in [0.15, 0.2) is 42.5 Å². The third-order valence-corrected chi connectivity index (χ3v) is 3.75. The van der Waals surface area contributed by atoms with E-state index >= 15 is 0 Å². The minimum Gasteiger partial charge on any atom is -0.481 e. The van der Waals surface area contributed by atoms with Crippen LogP contribution in [-0.4, -0.2) is 37.0 Å². The fraction of sp³-hybridized carbons (Fsp3) is 0.200. The molecule has 0 aromatic heterocycles. The number of carbonyl (C=O) groups is 4. The summed E-state index contributed by atoms with van der Waals surface area (Å²) >= 11 is 0. The highest BCUT2D eigenvalue weighted by Gasteiger charge is 2.14. The Morgan fingerprint density at radius 2 is 1.72 bits per heavy atom. The average molecular weight is 399 g/mol. The second-order valence-corrected chi connectivity index (χ2v) is 6.13. The molecule has 0 unspecified atom stereocenters. The zero-order chi connectivity index (χ0) is 21.4. The molecule has 0 atom stereocenters. The minimum absolute atomic E-state index is 0.112. The molecular formula is C20H21N3O6. The van der Waals surface area contributed by atoms with E-state index in [1.54, 1.807) is 18.2 Å². The van der Waals surface area contributed by atoms with Gasteiger partial charge in [-0.15, -0.1) is 0 Å². The fourth-order valence-corrected chi connectivity index (χ4v) is 2.39. The normalized spacial score (nSPS) is 10.0. The van der Waals surface area contributed by atoms with Gasteiger partial charge in [-0.3, -0.25) is 14.9 Å². The van der Waals surface area contributed by atoms with E-state index in [2.05, 4.69) is 10.6 Å². The van der Waals surface area contributed by atoms with Gasteiger partial charge in [-0.25, -0.2) is 9.59 Å². The number of imide groups is 1. The molecule has 0 fully saturated rings. The highest BCUT2D eigenvalue weighted by Crippen LogP contribution is 2.17. The molecule has 0 radical (unpaired) electrons. The van der Waals surface area contributed by atoms with Gasteiger partial charge in [-0.05, 0) is 37.6 Å². The van der Waals surface area contributed by atoms with Crippen LogP contribution in [-0.2, 0) is 14.3 Å². The number of hydrogen-bond donors (Lipinski definition) is 3. The molecule has 29 heavy (non-hydrogen) atoms. The highest BCUT2D eigenvalue weighted by molar-refractivity contribution is 6.02. The van der Waals surface area contributed by atoms with Crippen molar-refractivity contribution in [3.8, 4) is 5.75 Å². The van der Waals surface area contributed by atoms with E-state index < -0.39 is 37.0 Å². The summed E-state index contributed by atoms with van der Waals surface area (Å²) in [6.45, 7) is 2.54. The number of anilines is 1. The molecule has 152 valence electrons. The summed E-state index contributed by atoms with van der Waals surface area (Å²) in [7, 11) is 0. The van der Waals surface area contributed by atoms with Gasteiger partial charge in [-0.2, -0.15) is 0 Å². The maximum absolute atomic E-state index is 11.9. The smallest absolute Gasteiger partial charge is 0.344 e. The molecule has 0 spiro atoms. The lowest BCUT2D eigenvalue weighted by Gasteiger charge is -2.11. The van der Waals surface area contributed by atoms with Crippen molar-refractivity contribution < 1.29 is 28.7 Å². The van der Waals surface area contributed by atoms with Crippen molar-refractivity contribution in [2.24, 2.45) is 5.73 Å². The third kappa shape index (κ3) is 6.65. The number of benzene rings is 2. The molecule has 2 aromatic carbocycles. The first-order valence-corrected chi connectivity index (χ1v) is 8.61. The van der Waals surface area contributed by atoms with Gasteiger partial charge in [-0.1, -0.05) is 29.8 Å². The Morgan fingerprint density at radius 1 is 1.00 bits per heavy atom. The van der Waals surface area contributed by atoms with Gasteiger partial charge in [0.1, 0.15) is 5.75 Å². The lowest BCUT2D eigenvalue weighted by atomic mass is 10.1. The summed E-state index contributed by atoms with van der Waals surface area (Å²) in [6.07, 6.45) is 0. The maximum atomic E-state index is 11.9. The Bertz CT molecular complexity index is 942. The molecule has 0 saturated carbocycles. The molecule has 0 bridgehead atoms. The summed E-state index contributed by atoms with van der Waals surface area (Å²) in [5.74, 6) is -2.25. The number of nitrogens with one attached hydrogen (secondary N) is 2. The average Bonchev–Trinajstić information content (AvgIpc) is 2.67. The fourth-order valence-electron chi connectivity index (χ4n) is 2.39. The zero-order valence-corrected chi connectivity index (χ0v) is 16.0. The van der Waals surface area contributed by atoms with Gasteiger partial charge in [0.05, 0.1) is 5.56 Å². The van der Waals surface area contributed by atoms with E-state index in [0.717, 1.165) is 11.1 Å². The second kappa shape index (κ2) is 9.88. The van der Waals surface area contributed by atoms with E-state index in [1.807, 2.05) is 26.0 Å². The zero-order valence-electron chi connectivity index (χ0n) is 16.0. The predicted octanol–water partition coefficient (Wildman–Crippen LogP) is 1.67. The van der Waals surface area contributed by atoms with Crippen molar-refractivity contribution in [3.63, 3.8) is 0 Å². The number of para-hydroxylation sites is 1. The van der Waals surface area contributed by atoms with E-state index in [4.69, 9.17) is 15.2 Å². The molecule has 0 aliphatic carbocycles. The molecule has 4 amide bonds. The van der Waals surface area contributed by atoms with Gasteiger partial charge in [0.25, 0.3) is 11.8 Å².